The van der Waals surface area contributed by atoms with Gasteiger partial charge in [-0.05, 0) is 12.1 Å². The van der Waals surface area contributed by atoms with Crippen molar-refractivity contribution in [2.24, 2.45) is 5.73 Å². The Balaban J connectivity index is 1.83. The molecule has 0 radical (unpaired) electrons. The van der Waals surface area contributed by atoms with Crippen molar-refractivity contribution in [2.45, 2.75) is 10.9 Å². The van der Waals surface area contributed by atoms with Gasteiger partial charge in [0.25, 0.3) is 0 Å². The van der Waals surface area contributed by atoms with Gasteiger partial charge in [-0.3, -0.25) is 0 Å². The minimum absolute atomic E-state index is 0.628. The molecule has 0 aliphatic rings. The molecule has 0 aliphatic carbocycles. The summed E-state index contributed by atoms with van der Waals surface area (Å²) in [5.74, 6) is 1.75. The summed E-state index contributed by atoms with van der Waals surface area (Å²) < 4.78 is 6.14. The van der Waals surface area contributed by atoms with Crippen molar-refractivity contribution >= 4 is 28.2 Å². The molecule has 7 heteroatoms. The normalized spacial score (nSPS) is 10.6. The molecule has 0 atom stereocenters. The number of furan rings is 1. The first kappa shape index (κ1) is 11.4. The fraction of sp³-hybridized carbons (Fsp3) is 0.333. The summed E-state index contributed by atoms with van der Waals surface area (Å²) in [5, 5.41) is 12.0. The van der Waals surface area contributed by atoms with Crippen LogP contribution < -0.4 is 11.1 Å². The molecule has 0 aliphatic heterocycles. The van der Waals surface area contributed by atoms with Crippen LogP contribution in [0.3, 0.4) is 0 Å². The monoisotopic (exact) mass is 256 g/mol. The van der Waals surface area contributed by atoms with E-state index in [1.54, 1.807) is 18.0 Å². The highest BCUT2D eigenvalue weighted by molar-refractivity contribution is 8.01. The van der Waals surface area contributed by atoms with Crippen molar-refractivity contribution in [2.75, 3.05) is 17.6 Å². The van der Waals surface area contributed by atoms with Gasteiger partial charge in [-0.15, -0.1) is 10.2 Å². The lowest BCUT2D eigenvalue weighted by Crippen LogP contribution is -2.00. The summed E-state index contributed by atoms with van der Waals surface area (Å²) in [6.45, 7) is 1.28. The first-order valence-corrected chi connectivity index (χ1v) is 6.61. The molecule has 0 saturated carbocycles. The van der Waals surface area contributed by atoms with Gasteiger partial charge in [0.15, 0.2) is 4.34 Å². The zero-order valence-corrected chi connectivity index (χ0v) is 10.2. The van der Waals surface area contributed by atoms with E-state index in [0.717, 1.165) is 21.0 Å². The van der Waals surface area contributed by atoms with E-state index in [-0.39, 0.29) is 0 Å². The molecule has 3 N–H and O–H groups in total. The maximum Gasteiger partial charge on any atom is 0.206 e. The largest absolute Gasteiger partial charge is 0.467 e. The van der Waals surface area contributed by atoms with Gasteiger partial charge >= 0.3 is 0 Å². The highest BCUT2D eigenvalue weighted by Crippen LogP contribution is 2.25. The lowest BCUT2D eigenvalue weighted by Gasteiger charge is -1.96. The second-order valence-electron chi connectivity index (χ2n) is 2.94. The summed E-state index contributed by atoms with van der Waals surface area (Å²) >= 11 is 3.15. The van der Waals surface area contributed by atoms with Crippen LogP contribution in [0.5, 0.6) is 0 Å². The van der Waals surface area contributed by atoms with E-state index in [0.29, 0.717) is 13.1 Å². The highest BCUT2D eigenvalue weighted by Gasteiger charge is 2.04. The zero-order valence-electron chi connectivity index (χ0n) is 8.55. The van der Waals surface area contributed by atoms with Crippen LogP contribution >= 0.6 is 23.1 Å². The van der Waals surface area contributed by atoms with E-state index in [4.69, 9.17) is 10.2 Å². The lowest BCUT2D eigenvalue weighted by molar-refractivity contribution is 0.518. The number of hydrogen-bond donors (Lipinski definition) is 2. The van der Waals surface area contributed by atoms with Crippen molar-refractivity contribution in [1.82, 2.24) is 10.2 Å². The van der Waals surface area contributed by atoms with Gasteiger partial charge in [0, 0.05) is 12.3 Å². The Morgan fingerprint density at radius 3 is 3.19 bits per heavy atom. The van der Waals surface area contributed by atoms with Gasteiger partial charge in [0.1, 0.15) is 5.76 Å². The summed E-state index contributed by atoms with van der Waals surface area (Å²) in [4.78, 5) is 0. The van der Waals surface area contributed by atoms with Gasteiger partial charge in [-0.1, -0.05) is 23.1 Å². The Bertz CT molecular complexity index is 415. The molecule has 0 spiro atoms. The van der Waals surface area contributed by atoms with E-state index in [1.807, 2.05) is 12.1 Å². The number of aromatic nitrogens is 2. The quantitative estimate of drug-likeness (QED) is 0.767. The SMILES string of the molecule is NCCSc1nnc(NCc2ccco2)s1. The van der Waals surface area contributed by atoms with Gasteiger partial charge in [0.05, 0.1) is 12.8 Å². The molecular formula is C9H12N4OS2. The first-order chi connectivity index (χ1) is 7.88. The van der Waals surface area contributed by atoms with Gasteiger partial charge in [-0.2, -0.15) is 0 Å². The molecule has 2 aromatic heterocycles. The molecule has 0 aromatic carbocycles. The van der Waals surface area contributed by atoms with Crippen LogP contribution in [0, 0.1) is 0 Å². The van der Waals surface area contributed by atoms with E-state index in [9.17, 15) is 0 Å². The topological polar surface area (TPSA) is 77.0 Å². The fourth-order valence-corrected chi connectivity index (χ4v) is 2.65. The van der Waals surface area contributed by atoms with Crippen molar-refractivity contribution < 1.29 is 4.42 Å². The molecule has 2 rings (SSSR count). The van der Waals surface area contributed by atoms with E-state index in [1.165, 1.54) is 11.3 Å². The molecule has 0 unspecified atom stereocenters. The standard InChI is InChI=1S/C9H12N4OS2/c10-3-5-15-9-13-12-8(16-9)11-6-7-2-1-4-14-7/h1-2,4H,3,5-6,10H2,(H,11,12). The van der Waals surface area contributed by atoms with Crippen molar-refractivity contribution in [3.8, 4) is 0 Å². The smallest absolute Gasteiger partial charge is 0.206 e. The van der Waals surface area contributed by atoms with Gasteiger partial charge in [-0.25, -0.2) is 0 Å². The average molecular weight is 256 g/mol. The van der Waals surface area contributed by atoms with Crippen LogP contribution in [0.4, 0.5) is 5.13 Å². The summed E-state index contributed by atoms with van der Waals surface area (Å²) in [6, 6.07) is 3.78. The Morgan fingerprint density at radius 1 is 1.50 bits per heavy atom. The number of nitrogens with two attached hydrogens (primary N) is 1. The van der Waals surface area contributed by atoms with Crippen molar-refractivity contribution in [1.29, 1.82) is 0 Å². The number of thioether (sulfide) groups is 1. The predicted octanol–water partition coefficient (Wildman–Crippen LogP) is 1.79. The number of anilines is 1. The van der Waals surface area contributed by atoms with Crippen molar-refractivity contribution in [3.63, 3.8) is 0 Å². The molecular weight excluding hydrogens is 244 g/mol. The number of hydrogen-bond acceptors (Lipinski definition) is 7. The maximum absolute atomic E-state index is 5.41. The third-order valence-electron chi connectivity index (χ3n) is 1.74. The molecule has 0 saturated heterocycles. The first-order valence-electron chi connectivity index (χ1n) is 4.81. The molecule has 2 heterocycles. The molecule has 2 aromatic rings. The van der Waals surface area contributed by atoms with Gasteiger partial charge in [0.2, 0.25) is 5.13 Å². The van der Waals surface area contributed by atoms with Gasteiger partial charge < -0.3 is 15.5 Å². The zero-order chi connectivity index (χ0) is 11.2. The molecule has 0 amide bonds. The maximum atomic E-state index is 5.41. The van der Waals surface area contributed by atoms with E-state index >= 15 is 0 Å². The third-order valence-corrected chi connectivity index (χ3v) is 3.79. The Kier molecular flexibility index (Phi) is 4.20. The second kappa shape index (κ2) is 5.88. The van der Waals surface area contributed by atoms with Crippen LogP contribution in [0.2, 0.25) is 0 Å². The minimum Gasteiger partial charge on any atom is -0.467 e. The number of rotatable bonds is 6. The van der Waals surface area contributed by atoms with E-state index in [2.05, 4.69) is 15.5 Å². The molecule has 5 nitrogen and oxygen atoms in total. The highest BCUT2D eigenvalue weighted by atomic mass is 32.2. The molecule has 0 fully saturated rings. The Hall–Kier alpha value is -1.05. The minimum atomic E-state index is 0.628. The molecule has 16 heavy (non-hydrogen) atoms. The predicted molar refractivity (Wildman–Crippen MR) is 65.7 cm³/mol. The third kappa shape index (κ3) is 3.22. The number of nitrogens with one attached hydrogen (secondary N) is 1. The van der Waals surface area contributed by atoms with Crippen LogP contribution in [-0.4, -0.2) is 22.5 Å². The van der Waals surface area contributed by atoms with Crippen LogP contribution in [0.25, 0.3) is 0 Å². The molecule has 0 bridgehead atoms. The number of nitrogens with zero attached hydrogens (tertiary/aromatic N) is 2. The second-order valence-corrected chi connectivity index (χ2v) is 5.26. The Labute approximate surface area is 101 Å². The van der Waals surface area contributed by atoms with E-state index < -0.39 is 0 Å². The van der Waals surface area contributed by atoms with Crippen molar-refractivity contribution in [3.05, 3.63) is 24.2 Å². The molecule has 86 valence electrons. The Morgan fingerprint density at radius 2 is 2.44 bits per heavy atom. The van der Waals surface area contributed by atoms with Crippen LogP contribution in [-0.2, 0) is 6.54 Å². The summed E-state index contributed by atoms with van der Waals surface area (Å²) in [7, 11) is 0. The summed E-state index contributed by atoms with van der Waals surface area (Å²) in [6.07, 6.45) is 1.65. The fourth-order valence-electron chi connectivity index (χ4n) is 1.06. The van der Waals surface area contributed by atoms with Crippen LogP contribution in [0.1, 0.15) is 5.76 Å². The summed E-state index contributed by atoms with van der Waals surface area (Å²) in [5.41, 5.74) is 5.41. The van der Waals surface area contributed by atoms with Crippen LogP contribution in [0.15, 0.2) is 27.2 Å². The lowest BCUT2D eigenvalue weighted by atomic mass is 10.4. The average Bonchev–Trinajstić information content (AvgIpc) is 2.95.